The maximum Gasteiger partial charge on any atom is 0.127 e. The summed E-state index contributed by atoms with van der Waals surface area (Å²) in [7, 11) is 0. The molecule has 0 N–H and O–H groups in total. The third kappa shape index (κ3) is 0.805. The van der Waals surface area contributed by atoms with Crippen LogP contribution in [0, 0.1) is 22.7 Å². The van der Waals surface area contributed by atoms with Crippen molar-refractivity contribution in [3.05, 3.63) is 0 Å². The van der Waals surface area contributed by atoms with Gasteiger partial charge in [0.25, 0.3) is 0 Å². The highest BCUT2D eigenvalue weighted by Crippen LogP contribution is 2.87. The summed E-state index contributed by atoms with van der Waals surface area (Å²) >= 11 is 25.1. The summed E-state index contributed by atoms with van der Waals surface area (Å²) < 4.78 is -1.07. The minimum Gasteiger partial charge on any atom is -0.101 e. The highest BCUT2D eigenvalue weighted by Gasteiger charge is 2.86. The van der Waals surface area contributed by atoms with Crippen LogP contribution in [0.1, 0.15) is 26.7 Å². The topological polar surface area (TPSA) is 0 Å². The number of rotatable bonds is 0. The standard InChI is InChI=1S/C10H12Cl4/c1-7-3-6-8(2,10(6,13)14)4-5(7)9(7,11)12/h5-6H,3-4H2,1-2H3. The summed E-state index contributed by atoms with van der Waals surface area (Å²) in [5, 5.41) is 0. The fourth-order valence-corrected chi connectivity index (χ4v) is 5.35. The van der Waals surface area contributed by atoms with E-state index >= 15 is 0 Å². The average Bonchev–Trinajstić information content (AvgIpc) is 2.65. The van der Waals surface area contributed by atoms with Crippen LogP contribution in [0.15, 0.2) is 0 Å². The maximum absolute atomic E-state index is 6.27. The van der Waals surface area contributed by atoms with Gasteiger partial charge in [0.15, 0.2) is 0 Å². The van der Waals surface area contributed by atoms with E-state index in [1.54, 1.807) is 0 Å². The Balaban J connectivity index is 1.93. The van der Waals surface area contributed by atoms with Crippen molar-refractivity contribution in [3.63, 3.8) is 0 Å². The monoisotopic (exact) mass is 272 g/mol. The van der Waals surface area contributed by atoms with Crippen LogP contribution in [0.25, 0.3) is 0 Å². The third-order valence-electron chi connectivity index (χ3n) is 5.03. The van der Waals surface area contributed by atoms with Gasteiger partial charge in [0.05, 0.1) is 0 Å². The van der Waals surface area contributed by atoms with Crippen molar-refractivity contribution < 1.29 is 0 Å². The van der Waals surface area contributed by atoms with Crippen LogP contribution in [0.3, 0.4) is 0 Å². The van der Waals surface area contributed by atoms with Crippen LogP contribution >= 0.6 is 46.4 Å². The first-order valence-electron chi connectivity index (χ1n) is 4.93. The summed E-state index contributed by atoms with van der Waals surface area (Å²) in [4.78, 5) is 0. The van der Waals surface area contributed by atoms with Crippen LogP contribution in [-0.4, -0.2) is 8.67 Å². The van der Waals surface area contributed by atoms with Gasteiger partial charge in [0.1, 0.15) is 8.67 Å². The molecule has 0 heterocycles. The van der Waals surface area contributed by atoms with Crippen molar-refractivity contribution >= 4 is 46.4 Å². The van der Waals surface area contributed by atoms with E-state index in [9.17, 15) is 0 Å². The Bertz CT molecular complexity index is 292. The molecule has 0 aromatic rings. The Hall–Kier alpha value is 1.16. The van der Waals surface area contributed by atoms with Crippen LogP contribution in [0.5, 0.6) is 0 Å². The van der Waals surface area contributed by atoms with Gasteiger partial charge in [-0.05, 0) is 12.8 Å². The summed E-state index contributed by atoms with van der Waals surface area (Å²) in [5.41, 5.74) is 0.0949. The normalized spacial score (nSPS) is 61.3. The van der Waals surface area contributed by atoms with Gasteiger partial charge in [-0.1, -0.05) is 13.8 Å². The summed E-state index contributed by atoms with van der Waals surface area (Å²) in [6.07, 6.45) is 1.93. The van der Waals surface area contributed by atoms with Gasteiger partial charge < -0.3 is 0 Å². The van der Waals surface area contributed by atoms with Gasteiger partial charge in [-0.25, -0.2) is 0 Å². The minimum atomic E-state index is -0.534. The van der Waals surface area contributed by atoms with Crippen molar-refractivity contribution in [1.82, 2.24) is 0 Å². The Labute approximate surface area is 104 Å². The Morgan fingerprint density at radius 2 is 1.07 bits per heavy atom. The van der Waals surface area contributed by atoms with Crippen molar-refractivity contribution in [2.45, 2.75) is 35.4 Å². The van der Waals surface area contributed by atoms with E-state index < -0.39 is 8.67 Å². The van der Waals surface area contributed by atoms with Gasteiger partial charge in [0, 0.05) is 22.7 Å². The zero-order valence-electron chi connectivity index (χ0n) is 8.08. The molecule has 3 saturated carbocycles. The molecule has 0 aromatic carbocycles. The Morgan fingerprint density at radius 1 is 0.786 bits per heavy atom. The number of hydrogen-bond donors (Lipinski definition) is 0. The molecule has 0 radical (unpaired) electrons. The molecular formula is C10H12Cl4. The molecule has 4 atom stereocenters. The molecule has 0 spiro atoms. The third-order valence-corrected chi connectivity index (χ3v) is 7.81. The molecule has 0 aromatic heterocycles. The van der Waals surface area contributed by atoms with Crippen molar-refractivity contribution in [1.29, 1.82) is 0 Å². The predicted octanol–water partition coefficient (Wildman–Crippen LogP) is 4.40. The van der Waals surface area contributed by atoms with E-state index in [2.05, 4.69) is 13.8 Å². The molecule has 4 heteroatoms. The molecule has 3 aliphatic rings. The van der Waals surface area contributed by atoms with Gasteiger partial charge in [-0.15, -0.1) is 46.4 Å². The maximum atomic E-state index is 6.27. The van der Waals surface area contributed by atoms with Crippen LogP contribution in [-0.2, 0) is 0 Å². The van der Waals surface area contributed by atoms with Gasteiger partial charge >= 0.3 is 0 Å². The average molecular weight is 274 g/mol. The smallest absolute Gasteiger partial charge is 0.101 e. The van der Waals surface area contributed by atoms with E-state index in [4.69, 9.17) is 46.4 Å². The molecule has 0 amide bonds. The zero-order valence-corrected chi connectivity index (χ0v) is 11.1. The van der Waals surface area contributed by atoms with Gasteiger partial charge in [0.2, 0.25) is 0 Å². The van der Waals surface area contributed by atoms with Gasteiger partial charge in [-0.2, -0.15) is 0 Å². The second-order valence-corrected chi connectivity index (χ2v) is 8.37. The van der Waals surface area contributed by atoms with Crippen LogP contribution in [0.2, 0.25) is 0 Å². The molecule has 3 fully saturated rings. The van der Waals surface area contributed by atoms with Crippen LogP contribution in [0.4, 0.5) is 0 Å². The molecule has 3 rings (SSSR count). The quantitative estimate of drug-likeness (QED) is 0.574. The predicted molar refractivity (Wildman–Crippen MR) is 61.3 cm³/mol. The lowest BCUT2D eigenvalue weighted by molar-refractivity contribution is 0.283. The van der Waals surface area contributed by atoms with Crippen molar-refractivity contribution in [2.75, 3.05) is 0 Å². The molecular weight excluding hydrogens is 262 g/mol. The largest absolute Gasteiger partial charge is 0.127 e. The van der Waals surface area contributed by atoms with E-state index in [1.807, 2.05) is 0 Å². The lowest BCUT2D eigenvalue weighted by Gasteiger charge is -2.19. The summed E-state index contributed by atoms with van der Waals surface area (Å²) in [5.74, 6) is 0.748. The number of alkyl halides is 4. The number of halogens is 4. The lowest BCUT2D eigenvalue weighted by atomic mass is 9.84. The SMILES string of the molecule is CC12CC3C(Cl)(Cl)C3(C)CC1C2(Cl)Cl. The van der Waals surface area contributed by atoms with Gasteiger partial charge in [-0.3, -0.25) is 0 Å². The Morgan fingerprint density at radius 3 is 1.36 bits per heavy atom. The van der Waals surface area contributed by atoms with Crippen molar-refractivity contribution in [3.8, 4) is 0 Å². The first kappa shape index (κ1) is 10.3. The zero-order chi connectivity index (χ0) is 10.6. The number of hydrogen-bond acceptors (Lipinski definition) is 0. The summed E-state index contributed by atoms with van der Waals surface area (Å²) in [6, 6.07) is 0. The second-order valence-electron chi connectivity index (χ2n) is 5.59. The molecule has 3 aliphatic carbocycles. The number of fused-ring (bicyclic) bond motifs is 2. The van der Waals surface area contributed by atoms with E-state index in [0.717, 1.165) is 12.8 Å². The highest BCUT2D eigenvalue weighted by molar-refractivity contribution is 6.53. The van der Waals surface area contributed by atoms with E-state index in [1.165, 1.54) is 0 Å². The molecule has 0 bridgehead atoms. The summed E-state index contributed by atoms with van der Waals surface area (Å²) in [6.45, 7) is 4.30. The fourth-order valence-electron chi connectivity index (χ4n) is 3.46. The molecule has 0 aliphatic heterocycles. The first-order chi connectivity index (χ1) is 6.18. The first-order valence-corrected chi connectivity index (χ1v) is 6.45. The molecule has 4 unspecified atom stereocenters. The molecule has 80 valence electrons. The van der Waals surface area contributed by atoms with E-state index in [-0.39, 0.29) is 10.8 Å². The second kappa shape index (κ2) is 2.23. The fraction of sp³-hybridized carbons (Fsp3) is 1.00. The van der Waals surface area contributed by atoms with E-state index in [0.29, 0.717) is 11.8 Å². The van der Waals surface area contributed by atoms with Crippen LogP contribution < -0.4 is 0 Å². The molecule has 0 nitrogen and oxygen atoms in total. The molecule has 14 heavy (non-hydrogen) atoms. The molecule has 0 saturated heterocycles. The highest BCUT2D eigenvalue weighted by atomic mass is 35.5. The minimum absolute atomic E-state index is 0.0474. The van der Waals surface area contributed by atoms with Crippen molar-refractivity contribution in [2.24, 2.45) is 22.7 Å². The Kier molecular flexibility index (Phi) is 1.64. The lowest BCUT2D eigenvalue weighted by Crippen LogP contribution is -2.13.